The Labute approximate surface area is 486 Å². The number of allylic oxidation sites excluding steroid dienone is 2. The van der Waals surface area contributed by atoms with E-state index < -0.39 is 26.5 Å². The number of unbranched alkanes of at least 4 members (excludes halogenated alkanes) is 49. The number of rotatable bonds is 65. The number of hydrogen-bond acceptors (Lipinski definition) is 8. The number of esters is 2. The third-order valence-corrected chi connectivity index (χ3v) is 16.7. The Hall–Kier alpha value is -1.25. The summed E-state index contributed by atoms with van der Waals surface area (Å²) in [6, 6.07) is 0. The lowest BCUT2D eigenvalue weighted by molar-refractivity contribution is -0.870. The van der Waals surface area contributed by atoms with Crippen LogP contribution in [0.15, 0.2) is 12.2 Å². The van der Waals surface area contributed by atoms with E-state index in [2.05, 4.69) is 26.0 Å². The average Bonchev–Trinajstić information content (AvgIpc) is 3.41. The predicted octanol–water partition coefficient (Wildman–Crippen LogP) is 21.3. The number of carbonyl (C=O) groups is 2. The van der Waals surface area contributed by atoms with Gasteiger partial charge in [-0.05, 0) is 38.5 Å². The van der Waals surface area contributed by atoms with Crippen LogP contribution in [0.3, 0.4) is 0 Å². The lowest BCUT2D eigenvalue weighted by atomic mass is 10.0. The fourth-order valence-electron chi connectivity index (χ4n) is 10.5. The molecule has 0 heterocycles. The monoisotopic (exact) mass is 1120 g/mol. The normalized spacial score (nSPS) is 13.2. The zero-order chi connectivity index (χ0) is 57.0. The first-order valence-corrected chi connectivity index (χ1v) is 35.9. The molecule has 2 atom stereocenters. The average molecular weight is 1120 g/mol. The summed E-state index contributed by atoms with van der Waals surface area (Å²) in [6.45, 7) is 4.28. The standard InChI is InChI=1S/C68H134NO8P/c1-6-8-10-12-14-16-18-20-22-23-24-25-26-27-28-29-30-31-32-33-34-35-36-37-38-39-40-41-42-43-44-45-46-47-49-50-52-54-56-58-60-67(70)74-64-66(65-76-78(72,73)75-63-62-69(3,4)5)77-68(71)61-59-57-55-53-51-48-21-19-17-15-13-11-9-7-2/h19,21,66H,6-18,20,22-65H2,1-5H3/b21-19-. The van der Waals surface area contributed by atoms with E-state index in [1.54, 1.807) is 0 Å². The van der Waals surface area contributed by atoms with Gasteiger partial charge >= 0.3 is 11.9 Å². The molecule has 0 aromatic heterocycles. The van der Waals surface area contributed by atoms with Crippen molar-refractivity contribution in [2.45, 2.75) is 367 Å². The number of ether oxygens (including phenoxy) is 2. The minimum Gasteiger partial charge on any atom is -0.756 e. The molecule has 0 spiro atoms. The molecule has 0 aliphatic rings. The number of nitrogens with zero attached hydrogens (tertiary/aromatic N) is 1. The van der Waals surface area contributed by atoms with Crippen molar-refractivity contribution < 1.29 is 42.1 Å². The van der Waals surface area contributed by atoms with Crippen LogP contribution in [0.25, 0.3) is 0 Å². The van der Waals surface area contributed by atoms with Gasteiger partial charge in [-0.25, -0.2) is 0 Å². The molecule has 0 aliphatic heterocycles. The van der Waals surface area contributed by atoms with Crippen LogP contribution in [0, 0.1) is 0 Å². The van der Waals surface area contributed by atoms with Crippen LogP contribution in [-0.4, -0.2) is 70.0 Å². The maximum absolute atomic E-state index is 12.8. The molecule has 0 amide bonds. The van der Waals surface area contributed by atoms with Crippen molar-refractivity contribution in [2.24, 2.45) is 0 Å². The van der Waals surface area contributed by atoms with Crippen LogP contribution in [0.2, 0.25) is 0 Å². The van der Waals surface area contributed by atoms with Gasteiger partial charge in [0.2, 0.25) is 0 Å². The van der Waals surface area contributed by atoms with E-state index in [9.17, 15) is 19.0 Å². The van der Waals surface area contributed by atoms with E-state index in [1.165, 1.54) is 276 Å². The third-order valence-electron chi connectivity index (χ3n) is 15.8. The molecule has 10 heteroatoms. The molecule has 9 nitrogen and oxygen atoms in total. The van der Waals surface area contributed by atoms with Crippen LogP contribution in [0.1, 0.15) is 361 Å². The second-order valence-electron chi connectivity index (χ2n) is 24.9. The molecule has 0 aromatic carbocycles. The Morgan fingerprint density at radius 2 is 0.654 bits per heavy atom. The lowest BCUT2D eigenvalue weighted by Gasteiger charge is -2.28. The molecule has 464 valence electrons. The number of phosphoric acid groups is 1. The van der Waals surface area contributed by atoms with E-state index in [0.29, 0.717) is 17.4 Å². The molecular weight excluding hydrogens is 990 g/mol. The van der Waals surface area contributed by atoms with Crippen molar-refractivity contribution in [3.05, 3.63) is 12.2 Å². The van der Waals surface area contributed by atoms with Crippen molar-refractivity contribution in [1.29, 1.82) is 0 Å². The maximum atomic E-state index is 12.8. The zero-order valence-electron chi connectivity index (χ0n) is 52.9. The molecule has 0 N–H and O–H groups in total. The van der Waals surface area contributed by atoms with E-state index in [4.69, 9.17) is 18.5 Å². The van der Waals surface area contributed by atoms with Gasteiger partial charge < -0.3 is 27.9 Å². The lowest BCUT2D eigenvalue weighted by Crippen LogP contribution is -2.37. The number of likely N-dealkylation sites (N-methyl/N-ethyl adjacent to an activating group) is 1. The fourth-order valence-corrected chi connectivity index (χ4v) is 11.2. The second-order valence-corrected chi connectivity index (χ2v) is 26.3. The van der Waals surface area contributed by atoms with Crippen LogP contribution < -0.4 is 4.89 Å². The largest absolute Gasteiger partial charge is 0.756 e. The summed E-state index contributed by atoms with van der Waals surface area (Å²) >= 11 is 0. The quantitative estimate of drug-likeness (QED) is 0.0195. The molecule has 0 aromatic rings. The van der Waals surface area contributed by atoms with Crippen molar-refractivity contribution >= 4 is 19.8 Å². The molecule has 2 unspecified atom stereocenters. The van der Waals surface area contributed by atoms with Crippen molar-refractivity contribution in [3.63, 3.8) is 0 Å². The van der Waals surface area contributed by atoms with Gasteiger partial charge in [0.1, 0.15) is 19.8 Å². The molecular formula is C68H134NO8P. The van der Waals surface area contributed by atoms with E-state index in [-0.39, 0.29) is 32.0 Å². The first kappa shape index (κ1) is 76.8. The van der Waals surface area contributed by atoms with Gasteiger partial charge in [-0.3, -0.25) is 14.2 Å². The Kier molecular flexibility index (Phi) is 59.4. The molecule has 78 heavy (non-hydrogen) atoms. The van der Waals surface area contributed by atoms with E-state index in [0.717, 1.165) is 51.4 Å². The van der Waals surface area contributed by atoms with Crippen LogP contribution in [-0.2, 0) is 32.7 Å². The molecule has 0 radical (unpaired) electrons. The summed E-state index contributed by atoms with van der Waals surface area (Å²) in [5.74, 6) is -0.825. The van der Waals surface area contributed by atoms with Gasteiger partial charge in [0.15, 0.2) is 6.10 Å². The number of carbonyl (C=O) groups excluding carboxylic acids is 2. The van der Waals surface area contributed by atoms with Gasteiger partial charge in [-0.1, -0.05) is 321 Å². The van der Waals surface area contributed by atoms with E-state index in [1.807, 2.05) is 21.1 Å². The minimum atomic E-state index is -4.63. The first-order chi connectivity index (χ1) is 38.0. The Bertz CT molecular complexity index is 1320. The van der Waals surface area contributed by atoms with Crippen LogP contribution >= 0.6 is 7.82 Å². The maximum Gasteiger partial charge on any atom is 0.306 e. The predicted molar refractivity (Wildman–Crippen MR) is 333 cm³/mol. The van der Waals surface area contributed by atoms with Gasteiger partial charge in [-0.15, -0.1) is 0 Å². The molecule has 0 saturated heterocycles. The Morgan fingerprint density at radius 1 is 0.385 bits per heavy atom. The van der Waals surface area contributed by atoms with Gasteiger partial charge in [0.25, 0.3) is 7.82 Å². The third kappa shape index (κ3) is 63.9. The van der Waals surface area contributed by atoms with Crippen LogP contribution in [0.5, 0.6) is 0 Å². The van der Waals surface area contributed by atoms with Gasteiger partial charge in [-0.2, -0.15) is 0 Å². The second kappa shape index (κ2) is 60.3. The summed E-state index contributed by atoms with van der Waals surface area (Å²) in [6.07, 6.45) is 73.3. The molecule has 0 aliphatic carbocycles. The number of quaternary nitrogens is 1. The van der Waals surface area contributed by atoms with Crippen molar-refractivity contribution in [2.75, 3.05) is 47.5 Å². The van der Waals surface area contributed by atoms with Crippen molar-refractivity contribution in [3.8, 4) is 0 Å². The minimum absolute atomic E-state index is 0.0288. The highest BCUT2D eigenvalue weighted by atomic mass is 31.2. The summed E-state index contributed by atoms with van der Waals surface area (Å²) in [4.78, 5) is 37.9. The Balaban J connectivity index is 3.79. The first-order valence-electron chi connectivity index (χ1n) is 34.4. The smallest absolute Gasteiger partial charge is 0.306 e. The zero-order valence-corrected chi connectivity index (χ0v) is 53.8. The topological polar surface area (TPSA) is 111 Å². The van der Waals surface area contributed by atoms with Gasteiger partial charge in [0, 0.05) is 12.8 Å². The molecule has 0 bridgehead atoms. The molecule has 0 saturated carbocycles. The summed E-state index contributed by atoms with van der Waals surface area (Å²) in [5.41, 5.74) is 0. The summed E-state index contributed by atoms with van der Waals surface area (Å²) in [7, 11) is 1.18. The SMILES string of the molecule is CCCCCCC/C=C\CCCCCCCC(=O)OC(COC(=O)CCCCCCCCCCCCCCCCCCCCCCCCCCCCCCCCCCCCCCCCCC)COP(=O)([O-])OCC[N+](C)(C)C. The van der Waals surface area contributed by atoms with E-state index >= 15 is 0 Å². The highest BCUT2D eigenvalue weighted by Crippen LogP contribution is 2.38. The summed E-state index contributed by atoms with van der Waals surface area (Å²) < 4.78 is 34.2. The van der Waals surface area contributed by atoms with Crippen molar-refractivity contribution in [1.82, 2.24) is 0 Å². The molecule has 0 rings (SSSR count). The number of phosphoric ester groups is 1. The van der Waals surface area contributed by atoms with Crippen LogP contribution in [0.4, 0.5) is 0 Å². The molecule has 0 fully saturated rings. The fraction of sp³-hybridized carbons (Fsp3) is 0.941. The number of hydrogen-bond donors (Lipinski definition) is 0. The van der Waals surface area contributed by atoms with Gasteiger partial charge in [0.05, 0.1) is 27.7 Å². The highest BCUT2D eigenvalue weighted by Gasteiger charge is 2.22. The highest BCUT2D eigenvalue weighted by molar-refractivity contribution is 7.45. The summed E-state index contributed by atoms with van der Waals surface area (Å²) in [5, 5.41) is 0. The Morgan fingerprint density at radius 3 is 0.949 bits per heavy atom.